The number of phosphoric acid groups is 1. The van der Waals surface area contributed by atoms with Gasteiger partial charge in [-0.05, 0) is 6.42 Å². The van der Waals surface area contributed by atoms with Crippen LogP contribution in [0.4, 0.5) is 0 Å². The highest BCUT2D eigenvalue weighted by Crippen LogP contribution is 2.35. The van der Waals surface area contributed by atoms with Crippen LogP contribution < -0.4 is 5.73 Å². The minimum atomic E-state index is -4.81. The first-order valence-corrected chi connectivity index (χ1v) is 8.34. The van der Waals surface area contributed by atoms with Crippen LogP contribution in [0.2, 0.25) is 0 Å². The Balaban J connectivity index is 0. The first-order valence-electron chi connectivity index (χ1n) is 6.81. The lowest BCUT2D eigenvalue weighted by atomic mass is 10.1. The van der Waals surface area contributed by atoms with Gasteiger partial charge in [0.05, 0.1) is 6.61 Å². The maximum Gasteiger partial charge on any atom is 0.469 e. The van der Waals surface area contributed by atoms with Crippen molar-refractivity contribution in [2.45, 2.75) is 37.2 Å². The van der Waals surface area contributed by atoms with Crippen molar-refractivity contribution in [2.75, 3.05) is 13.2 Å². The van der Waals surface area contributed by atoms with Gasteiger partial charge in [0.25, 0.3) is 0 Å². The van der Waals surface area contributed by atoms with E-state index in [0.717, 1.165) is 0 Å². The molecule has 0 radical (unpaired) electrons. The summed E-state index contributed by atoms with van der Waals surface area (Å²) in [6, 6.07) is -1.06. The van der Waals surface area contributed by atoms with Crippen LogP contribution in [0.25, 0.3) is 0 Å². The van der Waals surface area contributed by atoms with Crippen molar-refractivity contribution in [2.24, 2.45) is 5.73 Å². The second-order valence-electron chi connectivity index (χ2n) is 4.79. The lowest BCUT2D eigenvalue weighted by Crippen LogP contribution is -2.45. The maximum atomic E-state index is 10.7. The molecule has 14 nitrogen and oxygen atoms in total. The van der Waals surface area contributed by atoms with Crippen LogP contribution in [-0.4, -0.2) is 95.7 Å². The molecule has 0 aliphatic heterocycles. The zero-order chi connectivity index (χ0) is 21.1. The number of rotatable bonds is 11. The molecule has 15 heteroatoms. The highest BCUT2D eigenvalue weighted by molar-refractivity contribution is 7.46. The molecule has 0 amide bonds. The van der Waals surface area contributed by atoms with Crippen molar-refractivity contribution >= 4 is 25.5 Å². The van der Waals surface area contributed by atoms with Gasteiger partial charge in [-0.2, -0.15) is 0 Å². The zero-order valence-corrected chi connectivity index (χ0v) is 14.2. The molecule has 0 bridgehead atoms. The second-order valence-corrected chi connectivity index (χ2v) is 6.03. The van der Waals surface area contributed by atoms with Gasteiger partial charge < -0.3 is 46.2 Å². The summed E-state index contributed by atoms with van der Waals surface area (Å²) < 4.78 is 14.1. The number of carboxylic acid groups (broad SMARTS) is 2. The van der Waals surface area contributed by atoms with E-state index in [1.807, 2.05) is 0 Å². The molecule has 4 unspecified atom stereocenters. The number of aliphatic hydroxyl groups is 4. The standard InChI is InChI=1S/C6H13O9P.C5H9NO4/c7-1-3(8)5(10)6(11)4(9)2-15-16(12,13)14;6-3(5(9)10)1-2-4(7)8/h4-7,9-11H,1-2H2,(H2,12,13,14);3H,1-2,6H2,(H,7,8)(H,9,10). The van der Waals surface area contributed by atoms with E-state index in [9.17, 15) is 18.9 Å². The predicted octanol–water partition coefficient (Wildman–Crippen LogP) is -4.00. The van der Waals surface area contributed by atoms with Crippen LogP contribution in [0.15, 0.2) is 0 Å². The summed E-state index contributed by atoms with van der Waals surface area (Å²) >= 11 is 0. The average molecular weight is 407 g/mol. The summed E-state index contributed by atoms with van der Waals surface area (Å²) in [6.07, 6.45) is -6.16. The molecule has 0 rings (SSSR count). The summed E-state index contributed by atoms with van der Waals surface area (Å²) in [5.74, 6) is -3.33. The SMILES string of the molecule is NC(CCC(=O)O)C(=O)O.O=C(CO)C(O)C(O)C(O)COP(=O)(O)O. The lowest BCUT2D eigenvalue weighted by Gasteiger charge is -2.21. The molecule has 4 atom stereocenters. The summed E-state index contributed by atoms with van der Waals surface area (Å²) in [5.41, 5.74) is 5.00. The molecule has 0 aliphatic rings. The second kappa shape index (κ2) is 12.8. The number of aliphatic hydroxyl groups excluding tert-OH is 4. The van der Waals surface area contributed by atoms with E-state index in [2.05, 4.69) is 4.52 Å². The minimum absolute atomic E-state index is 0.0231. The minimum Gasteiger partial charge on any atom is -0.481 e. The van der Waals surface area contributed by atoms with Crippen LogP contribution in [-0.2, 0) is 23.5 Å². The number of nitrogens with two attached hydrogens (primary N) is 1. The van der Waals surface area contributed by atoms with Crippen molar-refractivity contribution in [3.8, 4) is 0 Å². The molecule has 0 saturated heterocycles. The number of hydrogen-bond acceptors (Lipinski definition) is 10. The topological polar surface area (TPSA) is 265 Å². The Morgan fingerprint density at radius 1 is 1.08 bits per heavy atom. The highest BCUT2D eigenvalue weighted by atomic mass is 31.2. The molecular formula is C11H22NO13P. The van der Waals surface area contributed by atoms with Crippen LogP contribution in [0.1, 0.15) is 12.8 Å². The molecule has 0 aliphatic carbocycles. The third kappa shape index (κ3) is 13.8. The van der Waals surface area contributed by atoms with Gasteiger partial charge >= 0.3 is 19.8 Å². The lowest BCUT2D eigenvalue weighted by molar-refractivity contribution is -0.142. The Bertz CT molecular complexity index is 506. The van der Waals surface area contributed by atoms with Crippen molar-refractivity contribution in [1.29, 1.82) is 0 Å². The maximum absolute atomic E-state index is 10.7. The molecule has 154 valence electrons. The van der Waals surface area contributed by atoms with E-state index in [1.165, 1.54) is 0 Å². The summed E-state index contributed by atoms with van der Waals surface area (Å²) in [5, 5.41) is 51.8. The van der Waals surface area contributed by atoms with Crippen molar-refractivity contribution in [3.63, 3.8) is 0 Å². The average Bonchev–Trinajstić information content (AvgIpc) is 2.54. The molecule has 10 N–H and O–H groups in total. The first kappa shape index (κ1) is 26.7. The Morgan fingerprint density at radius 3 is 1.92 bits per heavy atom. The predicted molar refractivity (Wildman–Crippen MR) is 80.6 cm³/mol. The van der Waals surface area contributed by atoms with Gasteiger partial charge in [-0.15, -0.1) is 0 Å². The van der Waals surface area contributed by atoms with Gasteiger partial charge in [-0.1, -0.05) is 0 Å². The van der Waals surface area contributed by atoms with Gasteiger partial charge in [0.2, 0.25) is 0 Å². The van der Waals surface area contributed by atoms with E-state index in [4.69, 9.17) is 46.2 Å². The number of hydrogen-bond donors (Lipinski definition) is 9. The third-order valence-electron chi connectivity index (χ3n) is 2.60. The van der Waals surface area contributed by atoms with E-state index >= 15 is 0 Å². The number of carboxylic acids is 2. The summed E-state index contributed by atoms with van der Waals surface area (Å²) in [4.78, 5) is 47.1. The van der Waals surface area contributed by atoms with E-state index in [1.54, 1.807) is 0 Å². The molecule has 26 heavy (non-hydrogen) atoms. The van der Waals surface area contributed by atoms with Gasteiger partial charge in [0.15, 0.2) is 5.78 Å². The van der Waals surface area contributed by atoms with Gasteiger partial charge in [-0.3, -0.25) is 18.9 Å². The fourth-order valence-electron chi connectivity index (χ4n) is 1.17. The molecule has 0 aromatic heterocycles. The largest absolute Gasteiger partial charge is 0.481 e. The number of carbonyl (C=O) groups is 3. The number of aliphatic carboxylic acids is 2. The van der Waals surface area contributed by atoms with Crippen molar-refractivity contribution in [1.82, 2.24) is 0 Å². The van der Waals surface area contributed by atoms with Crippen molar-refractivity contribution < 1.29 is 63.9 Å². The molecule has 0 spiro atoms. The number of phosphoric ester groups is 1. The molecular weight excluding hydrogens is 385 g/mol. The van der Waals surface area contributed by atoms with Crippen molar-refractivity contribution in [3.05, 3.63) is 0 Å². The van der Waals surface area contributed by atoms with Crippen LogP contribution in [0.3, 0.4) is 0 Å². The Hall–Kier alpha value is -1.48. The van der Waals surface area contributed by atoms with E-state index < -0.39 is 63.1 Å². The smallest absolute Gasteiger partial charge is 0.469 e. The zero-order valence-electron chi connectivity index (χ0n) is 13.3. The summed E-state index contributed by atoms with van der Waals surface area (Å²) in [6.45, 7) is -2.01. The van der Waals surface area contributed by atoms with Gasteiger partial charge in [-0.25, -0.2) is 4.57 Å². The number of ketones is 1. The molecule has 0 aromatic rings. The Labute approximate surface area is 146 Å². The normalized spacial score (nSPS) is 15.8. The quantitative estimate of drug-likeness (QED) is 0.148. The first-order chi connectivity index (χ1) is 11.7. The number of carbonyl (C=O) groups excluding carboxylic acids is 1. The monoisotopic (exact) mass is 407 g/mol. The fraction of sp³-hybridized carbons (Fsp3) is 0.727. The number of Topliss-reactive ketones (excluding diaryl/α,β-unsaturated/α-hetero) is 1. The Morgan fingerprint density at radius 2 is 1.58 bits per heavy atom. The highest BCUT2D eigenvalue weighted by Gasteiger charge is 2.31. The third-order valence-corrected chi connectivity index (χ3v) is 3.09. The molecule has 0 aromatic carbocycles. The Kier molecular flexibility index (Phi) is 13.2. The van der Waals surface area contributed by atoms with E-state index in [0.29, 0.717) is 0 Å². The van der Waals surface area contributed by atoms with Crippen LogP contribution in [0.5, 0.6) is 0 Å². The van der Waals surface area contributed by atoms with Crippen LogP contribution >= 0.6 is 7.82 Å². The molecule has 0 fully saturated rings. The van der Waals surface area contributed by atoms with E-state index in [-0.39, 0.29) is 12.8 Å². The molecule has 0 heterocycles. The summed E-state index contributed by atoms with van der Waals surface area (Å²) in [7, 11) is -4.81. The molecule has 0 saturated carbocycles. The fourth-order valence-corrected chi connectivity index (χ4v) is 1.52. The van der Waals surface area contributed by atoms with Crippen LogP contribution in [0, 0.1) is 0 Å². The van der Waals surface area contributed by atoms with Gasteiger partial charge in [0.1, 0.15) is 31.0 Å². The van der Waals surface area contributed by atoms with Gasteiger partial charge in [0, 0.05) is 6.42 Å².